The number of fused-ring (bicyclic) bond motifs is 1. The fraction of sp³-hybridized carbons (Fsp3) is 0.436. The van der Waals surface area contributed by atoms with Crippen LogP contribution in [0.3, 0.4) is 0 Å². The van der Waals surface area contributed by atoms with Crippen LogP contribution in [0.5, 0.6) is 0 Å². The van der Waals surface area contributed by atoms with Crippen LogP contribution in [0.1, 0.15) is 126 Å². The first-order valence-electron chi connectivity index (χ1n) is 26.4. The molecule has 0 saturated heterocycles. The summed E-state index contributed by atoms with van der Waals surface area (Å²) < 4.78 is 15.4. The molecule has 0 bridgehead atoms. The number of nitrogens with zero attached hydrogens (tertiary/aromatic N) is 2. The molecule has 14 N–H and O–H groups in total. The second kappa shape index (κ2) is 40.9. The summed E-state index contributed by atoms with van der Waals surface area (Å²) >= 11 is 0. The van der Waals surface area contributed by atoms with E-state index in [2.05, 4.69) is 31.7 Å². The number of anilines is 3. The van der Waals surface area contributed by atoms with E-state index in [4.69, 9.17) is 16.6 Å². The quantitative estimate of drug-likeness (QED) is 0.0190. The number of rotatable bonds is 36. The predicted molar refractivity (Wildman–Crippen MR) is 344 cm³/mol. The Hall–Kier alpha value is -7.39. The lowest BCUT2D eigenvalue weighted by Gasteiger charge is -2.17. The van der Waals surface area contributed by atoms with E-state index in [1.807, 2.05) is 6.07 Å². The number of ketones is 2. The van der Waals surface area contributed by atoms with E-state index in [-0.39, 0.29) is 123 Å². The van der Waals surface area contributed by atoms with Gasteiger partial charge in [0.2, 0.25) is 23.6 Å². The fourth-order valence-electron chi connectivity index (χ4n) is 8.68. The van der Waals surface area contributed by atoms with Crippen LogP contribution in [0.4, 0.5) is 26.4 Å². The Labute approximate surface area is 534 Å². The van der Waals surface area contributed by atoms with Crippen molar-refractivity contribution in [3.05, 3.63) is 72.0 Å². The molecular formula is C55H78FN9O17S5. The zero-order valence-electron chi connectivity index (χ0n) is 47.5. The Morgan fingerprint density at radius 2 is 1.07 bits per heavy atom. The number of hydrogen-bond donors (Lipinski definition) is 12. The van der Waals surface area contributed by atoms with Gasteiger partial charge >= 0.3 is 35.9 Å². The number of aromatic nitrogens is 2. The van der Waals surface area contributed by atoms with Crippen molar-refractivity contribution >= 4 is 167 Å². The number of Topliss-reactive ketones (excluding diaryl/α,β-unsaturated/α-hetero) is 2. The lowest BCUT2D eigenvalue weighted by atomic mass is 9.94. The third kappa shape index (κ3) is 28.3. The first-order chi connectivity index (χ1) is 38.8. The highest BCUT2D eigenvalue weighted by molar-refractivity contribution is 7.60. The van der Waals surface area contributed by atoms with Gasteiger partial charge < -0.3 is 63.6 Å². The summed E-state index contributed by atoms with van der Waals surface area (Å²) in [6.07, 6.45) is -3.69. The average Bonchev–Trinajstić information content (AvgIpc) is 1.78. The number of aryl methyl sites for hydroxylation is 1. The van der Waals surface area contributed by atoms with Crippen LogP contribution in [-0.4, -0.2) is 125 Å². The molecule has 1 aromatic heterocycles. The van der Waals surface area contributed by atoms with Gasteiger partial charge in [-0.2, -0.15) is 72.2 Å². The van der Waals surface area contributed by atoms with Crippen LogP contribution < -0.4 is 38.1 Å². The van der Waals surface area contributed by atoms with E-state index < -0.39 is 153 Å². The molecule has 0 aliphatic carbocycles. The normalized spacial score (nSPS) is 12.1. The molecule has 0 unspecified atom stereocenters. The monoisotopic (exact) mass is 1320 g/mol. The highest BCUT2D eigenvalue weighted by atomic mass is 32.1. The van der Waals surface area contributed by atoms with E-state index in [0.29, 0.717) is 47.8 Å². The van der Waals surface area contributed by atoms with Gasteiger partial charge in [-0.15, -0.1) is 5.10 Å². The topological polar surface area (TPSA) is 436 Å². The standard InChI is InChI=1S/C55H68FN9O17.5H2S/c1-30-11-20-38(56)41(27-30)62-55(82)59-34-16-12-31(13-17-34)37-7-6-8-42-49(37)50(58)64-65(42)47(71)10-5-3-2-4-9-44(68)63-43(57)23-19-36(67)29-33(52(76)77)15-24-45(69)60-39(53(78)79)21-18-35(66)28-32(51(74)75)14-25-46(70)61-40(54(80)81)22-26-48(72)73;;;;;/h6-8,11-13,16-17,20,27,32-33,39-40,43H,2-5,9-10,14-15,18-19,21-26,28-29,57H2,1H3,(H2,58,64)(H,60,69)(H,61,70)(H,63,68)(H,72,73)(H,74,75)(H,76,77)(H,78,79)(H,80,81)(H2,59,62,82);5*1H2/t32-,33-,39+,40+,43+;;;;;/m1...../s1. The van der Waals surface area contributed by atoms with Crippen LogP contribution in [0.2, 0.25) is 0 Å². The Kier molecular flexibility index (Phi) is 38.4. The van der Waals surface area contributed by atoms with Crippen LogP contribution >= 0.6 is 67.5 Å². The molecule has 87 heavy (non-hydrogen) atoms. The molecule has 4 rings (SSSR count). The summed E-state index contributed by atoms with van der Waals surface area (Å²) in [6, 6.07) is 12.8. The van der Waals surface area contributed by atoms with Crippen LogP contribution in [0.25, 0.3) is 22.0 Å². The molecule has 4 aromatic rings. The summed E-state index contributed by atoms with van der Waals surface area (Å²) in [5.74, 6) is -14.1. The molecule has 5 amide bonds. The van der Waals surface area contributed by atoms with E-state index in [0.717, 1.165) is 11.1 Å². The van der Waals surface area contributed by atoms with Crippen molar-refractivity contribution in [1.82, 2.24) is 25.7 Å². The minimum Gasteiger partial charge on any atom is -0.481 e. The fourth-order valence-corrected chi connectivity index (χ4v) is 8.68. The highest BCUT2D eigenvalue weighted by Gasteiger charge is 2.29. The number of amides is 5. The van der Waals surface area contributed by atoms with Gasteiger partial charge in [0, 0.05) is 63.5 Å². The number of hydrogen-bond acceptors (Lipinski definition) is 15. The van der Waals surface area contributed by atoms with Crippen molar-refractivity contribution in [3.8, 4) is 11.1 Å². The van der Waals surface area contributed by atoms with Crippen LogP contribution in [0, 0.1) is 24.6 Å². The number of carbonyl (C=O) groups excluding carboxylic acids is 7. The number of halogens is 1. The van der Waals surface area contributed by atoms with Crippen molar-refractivity contribution in [2.24, 2.45) is 17.6 Å². The lowest BCUT2D eigenvalue weighted by Crippen LogP contribution is -2.42. The number of benzene rings is 3. The Morgan fingerprint density at radius 1 is 0.563 bits per heavy atom. The maximum atomic E-state index is 14.1. The van der Waals surface area contributed by atoms with Crippen LogP contribution in [0.15, 0.2) is 60.7 Å². The van der Waals surface area contributed by atoms with Gasteiger partial charge in [0.15, 0.2) is 5.82 Å². The van der Waals surface area contributed by atoms with E-state index in [1.165, 1.54) is 16.8 Å². The van der Waals surface area contributed by atoms with Gasteiger partial charge in [-0.25, -0.2) is 18.8 Å². The molecule has 482 valence electrons. The Morgan fingerprint density at radius 3 is 1.59 bits per heavy atom. The zero-order valence-corrected chi connectivity index (χ0v) is 52.5. The molecule has 1 heterocycles. The van der Waals surface area contributed by atoms with Crippen molar-refractivity contribution in [3.63, 3.8) is 0 Å². The Bertz CT molecular complexity index is 3030. The van der Waals surface area contributed by atoms with E-state index in [1.54, 1.807) is 49.4 Å². The maximum absolute atomic E-state index is 14.1. The van der Waals surface area contributed by atoms with Gasteiger partial charge in [-0.1, -0.05) is 43.2 Å². The molecule has 0 radical (unpaired) electrons. The number of unbranched alkanes of at least 4 members (excludes halogenated alkanes) is 3. The van der Waals surface area contributed by atoms with Gasteiger partial charge in [-0.05, 0) is 98.9 Å². The SMILES string of the molecule is Cc1ccc(F)c(NC(=O)Nc2ccc(-c3cccc4c3c(N)nn4C(=O)CCCCCCC(=O)N[C@H](N)CCC(=O)C[C@@H](CCC(=O)N[C@@H](CCC(=O)C[C@@H](CCC(=O)N[C@@H](CCC(=O)O)C(=O)O)C(=O)O)C(=O)O)C(=O)O)cc2)c1.S.S.S.S.S. The molecule has 5 atom stereocenters. The number of nitrogen functional groups attached to an aromatic ring is 1. The third-order valence-electron chi connectivity index (χ3n) is 13.1. The molecular weight excluding hydrogens is 1240 g/mol. The number of urea groups is 1. The summed E-state index contributed by atoms with van der Waals surface area (Å²) in [7, 11) is 0. The number of carboxylic acids is 5. The van der Waals surface area contributed by atoms with Gasteiger partial charge in [0.1, 0.15) is 29.5 Å². The van der Waals surface area contributed by atoms with Gasteiger partial charge in [0.05, 0.1) is 34.6 Å². The number of aliphatic carboxylic acids is 5. The first kappa shape index (κ1) is 81.7. The molecule has 0 aliphatic rings. The first-order valence-corrected chi connectivity index (χ1v) is 26.4. The lowest BCUT2D eigenvalue weighted by molar-refractivity contribution is -0.145. The molecule has 26 nitrogen and oxygen atoms in total. The molecule has 32 heteroatoms. The number of nitrogens with two attached hydrogens (primary N) is 2. The number of carboxylic acid groups (broad SMARTS) is 5. The number of carbonyl (C=O) groups is 12. The summed E-state index contributed by atoms with van der Waals surface area (Å²) in [6.45, 7) is 1.78. The minimum absolute atomic E-state index is 0. The summed E-state index contributed by atoms with van der Waals surface area (Å²) in [5.41, 5.74) is 15.6. The highest BCUT2D eigenvalue weighted by Crippen LogP contribution is 2.34. The van der Waals surface area contributed by atoms with E-state index in [9.17, 15) is 82.4 Å². The van der Waals surface area contributed by atoms with Crippen molar-refractivity contribution < 1.29 is 87.5 Å². The minimum atomic E-state index is -1.64. The smallest absolute Gasteiger partial charge is 0.326 e. The second-order valence-corrected chi connectivity index (χ2v) is 19.7. The molecule has 0 fully saturated rings. The predicted octanol–water partition coefficient (Wildman–Crippen LogP) is 5.77. The van der Waals surface area contributed by atoms with Crippen molar-refractivity contribution in [2.45, 2.75) is 141 Å². The van der Waals surface area contributed by atoms with Crippen molar-refractivity contribution in [1.29, 1.82) is 0 Å². The largest absolute Gasteiger partial charge is 0.481 e. The third-order valence-corrected chi connectivity index (χ3v) is 13.1. The Balaban J connectivity index is 0. The van der Waals surface area contributed by atoms with E-state index >= 15 is 0 Å². The van der Waals surface area contributed by atoms with Crippen molar-refractivity contribution in [2.75, 3.05) is 16.4 Å². The van der Waals surface area contributed by atoms with Gasteiger partial charge in [-0.3, -0.25) is 43.2 Å². The average molecular weight is 1320 g/mol. The molecule has 3 aromatic carbocycles. The maximum Gasteiger partial charge on any atom is 0.326 e. The molecule has 0 aliphatic heterocycles. The molecule has 0 saturated carbocycles. The second-order valence-electron chi connectivity index (χ2n) is 19.7. The summed E-state index contributed by atoms with van der Waals surface area (Å²) in [5, 5.41) is 63.9. The van der Waals surface area contributed by atoms with Crippen LogP contribution in [-0.2, 0) is 47.9 Å². The molecule has 0 spiro atoms. The summed E-state index contributed by atoms with van der Waals surface area (Å²) in [4.78, 5) is 147. The number of nitrogens with one attached hydrogen (secondary N) is 5. The van der Waals surface area contributed by atoms with Gasteiger partial charge in [0.25, 0.3) is 0 Å². The zero-order chi connectivity index (χ0) is 60.6.